The summed E-state index contributed by atoms with van der Waals surface area (Å²) in [6, 6.07) is 5.56. The van der Waals surface area contributed by atoms with Gasteiger partial charge in [-0.15, -0.1) is 0 Å². The summed E-state index contributed by atoms with van der Waals surface area (Å²) in [6.07, 6.45) is 3.49. The lowest BCUT2D eigenvalue weighted by molar-refractivity contribution is -0.135. The minimum atomic E-state index is 0.0514. The first kappa shape index (κ1) is 14.9. The molecule has 1 fully saturated rings. The van der Waals surface area contributed by atoms with Gasteiger partial charge >= 0.3 is 0 Å². The van der Waals surface area contributed by atoms with Crippen LogP contribution in [0.5, 0.6) is 5.75 Å². The maximum absolute atomic E-state index is 12.2. The summed E-state index contributed by atoms with van der Waals surface area (Å²) in [5, 5.41) is 2.84. The quantitative estimate of drug-likeness (QED) is 0.931. The molecule has 1 atom stereocenters. The number of piperidine rings is 1. The minimum absolute atomic E-state index is 0.0514. The van der Waals surface area contributed by atoms with Gasteiger partial charge in [0, 0.05) is 25.2 Å². The van der Waals surface area contributed by atoms with Crippen molar-refractivity contribution in [3.8, 4) is 5.75 Å². The van der Waals surface area contributed by atoms with Crippen LogP contribution in [0.1, 0.15) is 31.7 Å². The number of carbonyl (C=O) groups excluding carboxylic acids is 2. The Morgan fingerprint density at radius 3 is 3.09 bits per heavy atom. The molecule has 5 nitrogen and oxygen atoms in total. The Morgan fingerprint density at radius 2 is 2.27 bits per heavy atom. The smallest absolute Gasteiger partial charge is 0.260 e. The van der Waals surface area contributed by atoms with Crippen molar-refractivity contribution in [3.63, 3.8) is 0 Å². The van der Waals surface area contributed by atoms with Crippen LogP contribution in [0.4, 0.5) is 5.69 Å². The number of anilines is 1. The predicted octanol–water partition coefficient (Wildman–Crippen LogP) is 2.21. The van der Waals surface area contributed by atoms with Gasteiger partial charge in [-0.1, -0.05) is 6.92 Å². The van der Waals surface area contributed by atoms with Crippen LogP contribution < -0.4 is 10.1 Å². The zero-order valence-electron chi connectivity index (χ0n) is 12.9. The number of amides is 2. The van der Waals surface area contributed by atoms with E-state index in [0.29, 0.717) is 18.1 Å². The number of benzene rings is 1. The highest BCUT2D eigenvalue weighted by molar-refractivity contribution is 5.94. The molecule has 22 heavy (non-hydrogen) atoms. The number of carbonyl (C=O) groups is 2. The molecule has 2 heterocycles. The SMILES string of the molecule is C[C@H]1CCCN(C(=O)COc2ccc3c(c2)CCC(=O)N3)C1. The molecule has 0 saturated carbocycles. The van der Waals surface area contributed by atoms with Crippen LogP contribution in [0.15, 0.2) is 18.2 Å². The number of likely N-dealkylation sites (tertiary alicyclic amines) is 1. The maximum atomic E-state index is 12.2. The van der Waals surface area contributed by atoms with Crippen LogP contribution in [0, 0.1) is 5.92 Å². The molecule has 0 aliphatic carbocycles. The number of ether oxygens (including phenoxy) is 1. The molecular formula is C17H22N2O3. The van der Waals surface area contributed by atoms with E-state index < -0.39 is 0 Å². The van der Waals surface area contributed by atoms with Crippen LogP contribution >= 0.6 is 0 Å². The van der Waals surface area contributed by atoms with Crippen molar-refractivity contribution in [1.82, 2.24) is 4.90 Å². The lowest BCUT2D eigenvalue weighted by Gasteiger charge is -2.30. The molecule has 2 aliphatic heterocycles. The van der Waals surface area contributed by atoms with E-state index in [0.717, 1.165) is 37.2 Å². The van der Waals surface area contributed by atoms with Crippen LogP contribution in [0.25, 0.3) is 0 Å². The van der Waals surface area contributed by atoms with Crippen molar-refractivity contribution >= 4 is 17.5 Å². The molecule has 5 heteroatoms. The molecule has 0 bridgehead atoms. The van der Waals surface area contributed by atoms with Crippen molar-refractivity contribution in [2.75, 3.05) is 25.0 Å². The summed E-state index contributed by atoms with van der Waals surface area (Å²) in [5.74, 6) is 1.37. The van der Waals surface area contributed by atoms with E-state index in [1.807, 2.05) is 17.0 Å². The highest BCUT2D eigenvalue weighted by Gasteiger charge is 2.21. The standard InChI is InChI=1S/C17H22N2O3/c1-12-3-2-8-19(10-12)17(21)11-22-14-5-6-15-13(9-14)4-7-16(20)18-15/h5-6,9,12H,2-4,7-8,10-11H2,1H3,(H,18,20)/t12-/m0/s1. The van der Waals surface area contributed by atoms with E-state index in [1.165, 1.54) is 6.42 Å². The van der Waals surface area contributed by atoms with Gasteiger partial charge in [-0.3, -0.25) is 9.59 Å². The van der Waals surface area contributed by atoms with E-state index in [-0.39, 0.29) is 18.4 Å². The van der Waals surface area contributed by atoms with Crippen LogP contribution in [0.2, 0.25) is 0 Å². The Morgan fingerprint density at radius 1 is 1.41 bits per heavy atom. The molecule has 3 rings (SSSR count). The van der Waals surface area contributed by atoms with Gasteiger partial charge in [0.1, 0.15) is 5.75 Å². The molecule has 118 valence electrons. The van der Waals surface area contributed by atoms with E-state index in [4.69, 9.17) is 4.74 Å². The molecule has 1 aromatic carbocycles. The van der Waals surface area contributed by atoms with E-state index in [1.54, 1.807) is 6.07 Å². The first-order chi connectivity index (χ1) is 10.6. The molecule has 1 aromatic rings. The molecule has 2 aliphatic rings. The van der Waals surface area contributed by atoms with Gasteiger partial charge in [0.05, 0.1) is 0 Å². The first-order valence-electron chi connectivity index (χ1n) is 7.95. The lowest BCUT2D eigenvalue weighted by atomic mass is 10.0. The van der Waals surface area contributed by atoms with Crippen molar-refractivity contribution < 1.29 is 14.3 Å². The summed E-state index contributed by atoms with van der Waals surface area (Å²) >= 11 is 0. The van der Waals surface area contributed by atoms with E-state index in [9.17, 15) is 9.59 Å². The van der Waals surface area contributed by atoms with Crippen LogP contribution in [-0.4, -0.2) is 36.4 Å². The molecule has 1 N–H and O–H groups in total. The fraction of sp³-hybridized carbons (Fsp3) is 0.529. The number of fused-ring (bicyclic) bond motifs is 1. The number of rotatable bonds is 3. The third-order valence-corrected chi connectivity index (χ3v) is 4.34. The van der Waals surface area contributed by atoms with Crippen molar-refractivity contribution in [2.24, 2.45) is 5.92 Å². The Labute approximate surface area is 130 Å². The number of nitrogens with zero attached hydrogens (tertiary/aromatic N) is 1. The molecule has 1 saturated heterocycles. The highest BCUT2D eigenvalue weighted by Crippen LogP contribution is 2.26. The van der Waals surface area contributed by atoms with Crippen molar-refractivity contribution in [2.45, 2.75) is 32.6 Å². The Balaban J connectivity index is 1.57. The number of hydrogen-bond acceptors (Lipinski definition) is 3. The fourth-order valence-corrected chi connectivity index (χ4v) is 3.10. The monoisotopic (exact) mass is 302 g/mol. The summed E-state index contributed by atoms with van der Waals surface area (Å²) in [7, 11) is 0. The third-order valence-electron chi connectivity index (χ3n) is 4.34. The van der Waals surface area contributed by atoms with Crippen molar-refractivity contribution in [1.29, 1.82) is 0 Å². The molecule has 0 unspecified atom stereocenters. The number of nitrogens with one attached hydrogen (secondary N) is 1. The zero-order valence-corrected chi connectivity index (χ0v) is 12.9. The largest absolute Gasteiger partial charge is 0.484 e. The van der Waals surface area contributed by atoms with E-state index >= 15 is 0 Å². The Kier molecular flexibility index (Phi) is 4.32. The normalized spacial score (nSPS) is 21.0. The van der Waals surface area contributed by atoms with Gasteiger partial charge < -0.3 is 15.0 Å². The topological polar surface area (TPSA) is 58.6 Å². The average Bonchev–Trinajstić information content (AvgIpc) is 2.52. The van der Waals surface area contributed by atoms with Gasteiger partial charge in [-0.05, 0) is 48.9 Å². The van der Waals surface area contributed by atoms with Gasteiger partial charge in [0.25, 0.3) is 5.91 Å². The summed E-state index contributed by atoms with van der Waals surface area (Å²) in [5.41, 5.74) is 1.91. The summed E-state index contributed by atoms with van der Waals surface area (Å²) in [6.45, 7) is 3.93. The minimum Gasteiger partial charge on any atom is -0.484 e. The maximum Gasteiger partial charge on any atom is 0.260 e. The van der Waals surface area contributed by atoms with Crippen LogP contribution in [-0.2, 0) is 16.0 Å². The predicted molar refractivity (Wildman–Crippen MR) is 83.9 cm³/mol. The van der Waals surface area contributed by atoms with Gasteiger partial charge in [-0.25, -0.2) is 0 Å². The van der Waals surface area contributed by atoms with E-state index in [2.05, 4.69) is 12.2 Å². The lowest BCUT2D eigenvalue weighted by Crippen LogP contribution is -2.41. The van der Waals surface area contributed by atoms with Crippen LogP contribution in [0.3, 0.4) is 0 Å². The van der Waals surface area contributed by atoms with Gasteiger partial charge in [0.15, 0.2) is 6.61 Å². The average molecular weight is 302 g/mol. The Bertz CT molecular complexity index is 585. The molecular weight excluding hydrogens is 280 g/mol. The zero-order chi connectivity index (χ0) is 15.5. The highest BCUT2D eigenvalue weighted by atomic mass is 16.5. The number of aryl methyl sites for hydroxylation is 1. The number of hydrogen-bond donors (Lipinski definition) is 1. The molecule has 2 amide bonds. The molecule has 0 spiro atoms. The fourth-order valence-electron chi connectivity index (χ4n) is 3.10. The van der Waals surface area contributed by atoms with Crippen molar-refractivity contribution in [3.05, 3.63) is 23.8 Å². The molecule has 0 aromatic heterocycles. The summed E-state index contributed by atoms with van der Waals surface area (Å²) in [4.78, 5) is 25.4. The third kappa shape index (κ3) is 3.40. The van der Waals surface area contributed by atoms with Gasteiger partial charge in [0.2, 0.25) is 5.91 Å². The summed E-state index contributed by atoms with van der Waals surface area (Å²) < 4.78 is 5.65. The second-order valence-electron chi connectivity index (χ2n) is 6.24. The Hall–Kier alpha value is -2.04. The first-order valence-corrected chi connectivity index (χ1v) is 7.95. The van der Waals surface area contributed by atoms with Gasteiger partial charge in [-0.2, -0.15) is 0 Å². The molecule has 0 radical (unpaired) electrons. The second-order valence-corrected chi connectivity index (χ2v) is 6.24. The second kappa shape index (κ2) is 6.38.